The average molecular weight is 574 g/mol. The maximum atomic E-state index is 14.8. The van der Waals surface area contributed by atoms with Gasteiger partial charge in [0.15, 0.2) is 11.2 Å². The van der Waals surface area contributed by atoms with E-state index in [4.69, 9.17) is 8.83 Å². The Bertz CT molecular complexity index is 1780. The molecule has 0 aliphatic rings. The second-order valence-electron chi connectivity index (χ2n) is 9.17. The van der Waals surface area contributed by atoms with Crippen LogP contribution in [0.2, 0.25) is 0 Å². The summed E-state index contributed by atoms with van der Waals surface area (Å²) < 4.78 is 127. The predicted molar refractivity (Wildman–Crippen MR) is 132 cm³/mol. The van der Waals surface area contributed by atoms with Gasteiger partial charge in [-0.3, -0.25) is 0 Å². The summed E-state index contributed by atoms with van der Waals surface area (Å²) >= 11 is 0. The van der Waals surface area contributed by atoms with Crippen LogP contribution in [0, 0.1) is 11.6 Å². The molecule has 0 fully saturated rings. The molecule has 0 spiro atoms. The molecule has 2 aromatic heterocycles. The Kier molecular flexibility index (Phi) is 5.91. The molecule has 0 radical (unpaired) electrons. The maximum absolute atomic E-state index is 14.8. The first-order valence-corrected chi connectivity index (χ1v) is 11.8. The second kappa shape index (κ2) is 9.15. The summed E-state index contributed by atoms with van der Waals surface area (Å²) in [6.45, 7) is 0. The lowest BCUT2D eigenvalue weighted by Gasteiger charge is -2.38. The molecule has 0 aliphatic carbocycles. The largest absolute Gasteiger partial charge is 0.436 e. The fraction of sp³-hybridized carbons (Fsp3) is 0.103. The minimum Gasteiger partial charge on any atom is -0.436 e. The van der Waals surface area contributed by atoms with Crippen molar-refractivity contribution in [2.75, 3.05) is 0 Å². The molecule has 6 aromatic rings. The van der Waals surface area contributed by atoms with Crippen molar-refractivity contribution in [2.45, 2.75) is 17.8 Å². The first-order chi connectivity index (χ1) is 19.4. The summed E-state index contributed by atoms with van der Waals surface area (Å²) in [4.78, 5) is 8.15. The number of nitrogens with zero attached hydrogens (tertiary/aromatic N) is 2. The topological polar surface area (TPSA) is 52.1 Å². The van der Waals surface area contributed by atoms with E-state index in [1.807, 2.05) is 0 Å². The molecule has 0 amide bonds. The molecule has 12 heteroatoms. The highest BCUT2D eigenvalue weighted by atomic mass is 19.4. The van der Waals surface area contributed by atoms with Crippen molar-refractivity contribution in [1.82, 2.24) is 9.97 Å². The Morgan fingerprint density at radius 1 is 0.512 bits per heavy atom. The number of hydrogen-bond donors (Lipinski definition) is 0. The molecule has 208 valence electrons. The third-order valence-corrected chi connectivity index (χ3v) is 6.64. The molecular formula is C29H14F8N2O2. The van der Waals surface area contributed by atoms with Crippen LogP contribution in [0.3, 0.4) is 0 Å². The Labute approximate surface area is 224 Å². The van der Waals surface area contributed by atoms with Gasteiger partial charge in [-0.15, -0.1) is 0 Å². The van der Waals surface area contributed by atoms with Crippen molar-refractivity contribution in [2.24, 2.45) is 0 Å². The van der Waals surface area contributed by atoms with Crippen LogP contribution in [0.1, 0.15) is 11.1 Å². The van der Waals surface area contributed by atoms with Gasteiger partial charge in [-0.05, 0) is 71.8 Å². The van der Waals surface area contributed by atoms with Crippen molar-refractivity contribution in [3.8, 4) is 22.9 Å². The zero-order valence-electron chi connectivity index (χ0n) is 20.3. The van der Waals surface area contributed by atoms with Crippen molar-refractivity contribution in [3.63, 3.8) is 0 Å². The Hall–Kier alpha value is -4.74. The third kappa shape index (κ3) is 4.30. The van der Waals surface area contributed by atoms with Crippen LogP contribution in [0.5, 0.6) is 0 Å². The summed E-state index contributed by atoms with van der Waals surface area (Å²) in [6.07, 6.45) is -11.8. The number of benzene rings is 4. The number of hydrogen-bond acceptors (Lipinski definition) is 4. The van der Waals surface area contributed by atoms with Crippen LogP contribution < -0.4 is 0 Å². The van der Waals surface area contributed by atoms with E-state index in [1.54, 1.807) is 0 Å². The zero-order valence-corrected chi connectivity index (χ0v) is 20.3. The van der Waals surface area contributed by atoms with Crippen LogP contribution in [0.25, 0.3) is 45.1 Å². The minimum absolute atomic E-state index is 0.0308. The van der Waals surface area contributed by atoms with Crippen molar-refractivity contribution < 1.29 is 44.0 Å². The molecule has 4 aromatic carbocycles. The molecule has 0 bridgehead atoms. The third-order valence-electron chi connectivity index (χ3n) is 6.64. The Balaban J connectivity index is 1.54. The Morgan fingerprint density at radius 2 is 0.927 bits per heavy atom. The summed E-state index contributed by atoms with van der Waals surface area (Å²) in [7, 11) is 0. The molecule has 0 atom stereocenters. The van der Waals surface area contributed by atoms with Gasteiger partial charge in [0.25, 0.3) is 0 Å². The van der Waals surface area contributed by atoms with Gasteiger partial charge in [0.05, 0.1) is 0 Å². The maximum Gasteiger partial charge on any atom is 0.411 e. The van der Waals surface area contributed by atoms with E-state index in [1.165, 1.54) is 24.3 Å². The first kappa shape index (κ1) is 26.5. The van der Waals surface area contributed by atoms with E-state index in [-0.39, 0.29) is 45.1 Å². The fourth-order valence-electron chi connectivity index (χ4n) is 4.79. The standard InChI is InChI=1S/C29H14F8N2O2/c30-19-5-1-3-15(11-19)25-38-21-9-7-17(13-23(21)40-25)27(28(32,33)34,29(35,36)37)18-8-10-22-24(14-18)41-26(39-22)16-4-2-6-20(31)12-16/h1-14H. The van der Waals surface area contributed by atoms with Gasteiger partial charge in [0.1, 0.15) is 22.7 Å². The van der Waals surface area contributed by atoms with Gasteiger partial charge in [-0.2, -0.15) is 26.3 Å². The molecule has 0 saturated heterocycles. The van der Waals surface area contributed by atoms with Gasteiger partial charge < -0.3 is 8.83 Å². The zero-order chi connectivity index (χ0) is 29.2. The van der Waals surface area contributed by atoms with E-state index >= 15 is 0 Å². The molecule has 2 heterocycles. The highest BCUT2D eigenvalue weighted by Crippen LogP contribution is 2.57. The number of aromatic nitrogens is 2. The van der Waals surface area contributed by atoms with Gasteiger partial charge in [-0.1, -0.05) is 24.3 Å². The van der Waals surface area contributed by atoms with Crippen LogP contribution >= 0.6 is 0 Å². The summed E-state index contributed by atoms with van der Waals surface area (Å²) in [6, 6.07) is 14.5. The van der Waals surface area contributed by atoms with E-state index < -0.39 is 40.5 Å². The molecular weight excluding hydrogens is 560 g/mol. The number of alkyl halides is 6. The Morgan fingerprint density at radius 3 is 1.29 bits per heavy atom. The molecule has 41 heavy (non-hydrogen) atoms. The molecule has 0 unspecified atom stereocenters. The van der Waals surface area contributed by atoms with Gasteiger partial charge in [0.2, 0.25) is 17.2 Å². The summed E-state index contributed by atoms with van der Waals surface area (Å²) in [5.41, 5.74) is -7.39. The number of fused-ring (bicyclic) bond motifs is 2. The van der Waals surface area contributed by atoms with Crippen LogP contribution in [-0.2, 0) is 5.41 Å². The quantitative estimate of drug-likeness (QED) is 0.197. The van der Waals surface area contributed by atoms with Crippen LogP contribution in [0.15, 0.2) is 93.8 Å². The lowest BCUT2D eigenvalue weighted by molar-refractivity contribution is -0.288. The molecule has 0 N–H and O–H groups in total. The van der Waals surface area contributed by atoms with Gasteiger partial charge >= 0.3 is 12.4 Å². The van der Waals surface area contributed by atoms with Gasteiger partial charge in [-0.25, -0.2) is 18.7 Å². The summed E-state index contributed by atoms with van der Waals surface area (Å²) in [5.74, 6) is -1.65. The minimum atomic E-state index is -5.89. The van der Waals surface area contributed by atoms with E-state index in [2.05, 4.69) is 9.97 Å². The van der Waals surface area contributed by atoms with Crippen molar-refractivity contribution in [3.05, 3.63) is 108 Å². The normalized spacial score (nSPS) is 12.9. The smallest absolute Gasteiger partial charge is 0.411 e. The number of oxazole rings is 2. The lowest BCUT2D eigenvalue weighted by Crippen LogP contribution is -2.54. The number of rotatable bonds is 4. The molecule has 0 saturated carbocycles. The van der Waals surface area contributed by atoms with E-state index in [9.17, 15) is 35.1 Å². The summed E-state index contributed by atoms with van der Waals surface area (Å²) in [5, 5.41) is 0. The second-order valence-corrected chi connectivity index (χ2v) is 9.17. The lowest BCUT2D eigenvalue weighted by atomic mass is 9.72. The van der Waals surface area contributed by atoms with Gasteiger partial charge in [0, 0.05) is 11.1 Å². The highest BCUT2D eigenvalue weighted by molar-refractivity contribution is 5.80. The van der Waals surface area contributed by atoms with Crippen LogP contribution in [0.4, 0.5) is 35.1 Å². The SMILES string of the molecule is Fc1cccc(-c2nc3ccc(C(c4ccc5nc(-c6cccc(F)c6)oc5c4)(C(F)(F)F)C(F)(F)F)cc3o2)c1. The number of halogens is 8. The van der Waals surface area contributed by atoms with E-state index in [0.29, 0.717) is 24.3 Å². The van der Waals surface area contributed by atoms with Crippen LogP contribution in [-0.4, -0.2) is 22.3 Å². The molecule has 6 rings (SSSR count). The van der Waals surface area contributed by atoms with Crippen molar-refractivity contribution in [1.29, 1.82) is 0 Å². The average Bonchev–Trinajstić information content (AvgIpc) is 3.51. The van der Waals surface area contributed by atoms with E-state index in [0.717, 1.165) is 36.4 Å². The monoisotopic (exact) mass is 574 g/mol. The fourth-order valence-corrected chi connectivity index (χ4v) is 4.79. The molecule has 0 aliphatic heterocycles. The van der Waals surface area contributed by atoms with Crippen molar-refractivity contribution >= 4 is 22.2 Å². The first-order valence-electron chi connectivity index (χ1n) is 11.8. The highest BCUT2D eigenvalue weighted by Gasteiger charge is 2.72. The predicted octanol–water partition coefficient (Wildman–Crippen LogP) is 8.99. The molecule has 4 nitrogen and oxygen atoms in total.